The van der Waals surface area contributed by atoms with Crippen molar-refractivity contribution in [2.75, 3.05) is 0 Å². The summed E-state index contributed by atoms with van der Waals surface area (Å²) in [4.78, 5) is 0. The van der Waals surface area contributed by atoms with E-state index in [-0.39, 0.29) is 0 Å². The highest BCUT2D eigenvalue weighted by Crippen LogP contribution is 2.22. The molecule has 0 saturated heterocycles. The Labute approximate surface area is 79.6 Å². The van der Waals surface area contributed by atoms with Crippen LogP contribution in [0.4, 0.5) is 0 Å². The minimum atomic E-state index is 1.11. The van der Waals surface area contributed by atoms with Gasteiger partial charge in [0.15, 0.2) is 0 Å². The molecule has 0 amide bonds. The zero-order valence-corrected chi connectivity index (χ0v) is 7.96. The predicted molar refractivity (Wildman–Crippen MR) is 56.6 cm³/mol. The average molecular weight is 170 g/mol. The standard InChI is InChI=1S/C13H14/c1-11-6-5-9-13(11)10-12-7-3-2-4-8-12/h2-8H,9-10H2,1H3. The van der Waals surface area contributed by atoms with E-state index in [0.29, 0.717) is 0 Å². The maximum atomic E-state index is 2.24. The molecule has 2 rings (SSSR count). The quantitative estimate of drug-likeness (QED) is 0.637. The van der Waals surface area contributed by atoms with Gasteiger partial charge in [0, 0.05) is 0 Å². The van der Waals surface area contributed by atoms with Crippen LogP contribution in [0.5, 0.6) is 0 Å². The van der Waals surface area contributed by atoms with Crippen molar-refractivity contribution >= 4 is 0 Å². The highest BCUT2D eigenvalue weighted by atomic mass is 14.1. The molecule has 1 aliphatic carbocycles. The average Bonchev–Trinajstić information content (AvgIpc) is 2.54. The number of rotatable bonds is 2. The van der Waals surface area contributed by atoms with E-state index in [1.165, 1.54) is 11.1 Å². The molecule has 0 spiro atoms. The molecule has 0 saturated carbocycles. The monoisotopic (exact) mass is 170 g/mol. The van der Waals surface area contributed by atoms with E-state index >= 15 is 0 Å². The van der Waals surface area contributed by atoms with Crippen LogP contribution in [0.25, 0.3) is 0 Å². The van der Waals surface area contributed by atoms with Crippen molar-refractivity contribution in [3.63, 3.8) is 0 Å². The van der Waals surface area contributed by atoms with Gasteiger partial charge in [-0.2, -0.15) is 0 Å². The van der Waals surface area contributed by atoms with Gasteiger partial charge in [-0.05, 0) is 25.3 Å². The van der Waals surface area contributed by atoms with Gasteiger partial charge in [0.25, 0.3) is 0 Å². The summed E-state index contributed by atoms with van der Waals surface area (Å²) in [6.45, 7) is 2.20. The highest BCUT2D eigenvalue weighted by molar-refractivity contribution is 5.35. The summed E-state index contributed by atoms with van der Waals surface area (Å²) in [5.74, 6) is 0. The van der Waals surface area contributed by atoms with E-state index in [9.17, 15) is 0 Å². The number of hydrogen-bond acceptors (Lipinski definition) is 0. The first-order valence-electron chi connectivity index (χ1n) is 4.75. The summed E-state index contributed by atoms with van der Waals surface area (Å²) in [5.41, 5.74) is 4.43. The fourth-order valence-corrected chi connectivity index (χ4v) is 1.71. The van der Waals surface area contributed by atoms with Crippen LogP contribution in [0.15, 0.2) is 53.6 Å². The summed E-state index contributed by atoms with van der Waals surface area (Å²) in [5, 5.41) is 0. The first-order chi connectivity index (χ1) is 6.36. The molecular formula is C13H14. The van der Waals surface area contributed by atoms with Crippen LogP contribution in [-0.4, -0.2) is 0 Å². The Balaban J connectivity index is 2.12. The maximum Gasteiger partial charge on any atom is -0.00583 e. The third-order valence-corrected chi connectivity index (χ3v) is 2.55. The predicted octanol–water partition coefficient (Wildman–Crippen LogP) is 3.51. The molecule has 0 N–H and O–H groups in total. The molecule has 0 atom stereocenters. The Kier molecular flexibility index (Phi) is 2.31. The second kappa shape index (κ2) is 3.61. The molecule has 1 aromatic carbocycles. The van der Waals surface area contributed by atoms with Crippen molar-refractivity contribution in [3.8, 4) is 0 Å². The molecule has 13 heavy (non-hydrogen) atoms. The van der Waals surface area contributed by atoms with Crippen molar-refractivity contribution < 1.29 is 0 Å². The van der Waals surface area contributed by atoms with Crippen LogP contribution in [0, 0.1) is 0 Å². The van der Waals surface area contributed by atoms with Gasteiger partial charge in [0.05, 0.1) is 0 Å². The Hall–Kier alpha value is -1.30. The molecule has 0 radical (unpaired) electrons. The van der Waals surface area contributed by atoms with Gasteiger partial charge in [-0.25, -0.2) is 0 Å². The Morgan fingerprint density at radius 1 is 1.15 bits per heavy atom. The zero-order valence-electron chi connectivity index (χ0n) is 7.96. The summed E-state index contributed by atoms with van der Waals surface area (Å²) in [6, 6.07) is 10.7. The molecule has 1 aromatic rings. The third kappa shape index (κ3) is 1.89. The smallest absolute Gasteiger partial charge is 0.00583 e. The normalized spacial score (nSPS) is 15.5. The van der Waals surface area contributed by atoms with Gasteiger partial charge in [-0.1, -0.05) is 53.6 Å². The van der Waals surface area contributed by atoms with Gasteiger partial charge in [0.1, 0.15) is 0 Å². The fraction of sp³-hybridized carbons (Fsp3) is 0.231. The summed E-state index contributed by atoms with van der Waals surface area (Å²) in [7, 11) is 0. The molecule has 0 fully saturated rings. The lowest BCUT2D eigenvalue weighted by Gasteiger charge is -2.03. The molecule has 0 heterocycles. The lowest BCUT2D eigenvalue weighted by atomic mass is 10.0. The Bertz CT molecular complexity index is 342. The zero-order chi connectivity index (χ0) is 9.10. The van der Waals surface area contributed by atoms with Crippen molar-refractivity contribution in [2.24, 2.45) is 0 Å². The summed E-state index contributed by atoms with van der Waals surface area (Å²) < 4.78 is 0. The van der Waals surface area contributed by atoms with Crippen LogP contribution in [-0.2, 0) is 6.42 Å². The molecule has 0 aromatic heterocycles. The van der Waals surface area contributed by atoms with E-state index < -0.39 is 0 Å². The lowest BCUT2D eigenvalue weighted by Crippen LogP contribution is -1.89. The Morgan fingerprint density at radius 2 is 1.92 bits per heavy atom. The van der Waals surface area contributed by atoms with E-state index in [1.807, 2.05) is 0 Å². The first kappa shape index (κ1) is 8.31. The van der Waals surface area contributed by atoms with Gasteiger partial charge in [0.2, 0.25) is 0 Å². The van der Waals surface area contributed by atoms with Gasteiger partial charge in [-0.3, -0.25) is 0 Å². The van der Waals surface area contributed by atoms with Gasteiger partial charge in [-0.15, -0.1) is 0 Å². The number of allylic oxidation sites excluding steroid dienone is 4. The molecular weight excluding hydrogens is 156 g/mol. The molecule has 1 aliphatic rings. The minimum absolute atomic E-state index is 1.11. The lowest BCUT2D eigenvalue weighted by molar-refractivity contribution is 1.07. The van der Waals surface area contributed by atoms with Crippen molar-refractivity contribution in [2.45, 2.75) is 19.8 Å². The van der Waals surface area contributed by atoms with Crippen LogP contribution in [0.3, 0.4) is 0 Å². The molecule has 0 unspecified atom stereocenters. The number of benzene rings is 1. The molecule has 0 nitrogen and oxygen atoms in total. The van der Waals surface area contributed by atoms with Crippen molar-refractivity contribution in [1.82, 2.24) is 0 Å². The van der Waals surface area contributed by atoms with Crippen molar-refractivity contribution in [3.05, 3.63) is 59.2 Å². The fourth-order valence-electron chi connectivity index (χ4n) is 1.71. The highest BCUT2D eigenvalue weighted by Gasteiger charge is 2.05. The van der Waals surface area contributed by atoms with Crippen LogP contribution in [0.2, 0.25) is 0 Å². The molecule has 0 aliphatic heterocycles. The molecule has 0 heteroatoms. The van der Waals surface area contributed by atoms with Crippen LogP contribution < -0.4 is 0 Å². The van der Waals surface area contributed by atoms with E-state index in [2.05, 4.69) is 49.4 Å². The topological polar surface area (TPSA) is 0 Å². The second-order valence-electron chi connectivity index (χ2n) is 3.56. The summed E-state index contributed by atoms with van der Waals surface area (Å²) >= 11 is 0. The van der Waals surface area contributed by atoms with Gasteiger partial charge >= 0.3 is 0 Å². The molecule has 66 valence electrons. The van der Waals surface area contributed by atoms with E-state index in [4.69, 9.17) is 0 Å². The minimum Gasteiger partial charge on any atom is -0.0802 e. The second-order valence-corrected chi connectivity index (χ2v) is 3.56. The summed E-state index contributed by atoms with van der Waals surface area (Å²) in [6.07, 6.45) is 6.71. The molecule has 0 bridgehead atoms. The van der Waals surface area contributed by atoms with Crippen molar-refractivity contribution in [1.29, 1.82) is 0 Å². The van der Waals surface area contributed by atoms with Crippen LogP contribution in [0.1, 0.15) is 18.9 Å². The first-order valence-corrected chi connectivity index (χ1v) is 4.75. The van der Waals surface area contributed by atoms with Gasteiger partial charge < -0.3 is 0 Å². The Morgan fingerprint density at radius 3 is 2.54 bits per heavy atom. The van der Waals surface area contributed by atoms with E-state index in [0.717, 1.165) is 12.8 Å². The largest absolute Gasteiger partial charge is 0.0802 e. The number of hydrogen-bond donors (Lipinski definition) is 0. The third-order valence-electron chi connectivity index (χ3n) is 2.55. The van der Waals surface area contributed by atoms with Crippen LogP contribution >= 0.6 is 0 Å². The maximum absolute atomic E-state index is 2.24. The van der Waals surface area contributed by atoms with E-state index in [1.54, 1.807) is 5.57 Å². The SMILES string of the molecule is CC1=C(Cc2ccccc2)CC=C1.